The Balaban J connectivity index is 0.000000606. The van der Waals surface area contributed by atoms with Crippen molar-refractivity contribution in [2.75, 3.05) is 6.61 Å². The van der Waals surface area contributed by atoms with Crippen molar-refractivity contribution in [3.05, 3.63) is 28.0 Å². The van der Waals surface area contributed by atoms with Gasteiger partial charge in [0.1, 0.15) is 0 Å². The Hall–Kier alpha value is -1.25. The van der Waals surface area contributed by atoms with Crippen LogP contribution in [0.2, 0.25) is 0 Å². The van der Waals surface area contributed by atoms with Gasteiger partial charge in [-0.25, -0.2) is 0 Å². The van der Waals surface area contributed by atoms with Gasteiger partial charge in [-0.3, -0.25) is 9.78 Å². The number of aromatic nitrogens is 1. The molecule has 1 saturated carbocycles. The highest BCUT2D eigenvalue weighted by atomic mass is 16.5. The number of hydrogen-bond donors (Lipinski definition) is 1. The zero-order valence-corrected chi connectivity index (χ0v) is 10.4. The average Bonchev–Trinajstić information content (AvgIpc) is 3.12. The van der Waals surface area contributed by atoms with Crippen molar-refractivity contribution in [3.63, 3.8) is 0 Å². The lowest BCUT2D eigenvalue weighted by atomic mass is 10.2. The molecule has 1 aromatic rings. The molecule has 1 aromatic heterocycles. The number of hydrogen-bond acceptors (Lipinski definition) is 2. The molecule has 16 heavy (non-hydrogen) atoms. The lowest BCUT2D eigenvalue weighted by molar-refractivity contribution is 0.287. The lowest BCUT2D eigenvalue weighted by Crippen LogP contribution is -2.10. The van der Waals surface area contributed by atoms with E-state index in [1.54, 1.807) is 6.07 Å². The molecule has 0 aromatic carbocycles. The van der Waals surface area contributed by atoms with E-state index in [0.717, 1.165) is 18.6 Å². The van der Waals surface area contributed by atoms with Crippen LogP contribution in [0.15, 0.2) is 16.9 Å². The molecule has 0 saturated heterocycles. The van der Waals surface area contributed by atoms with Crippen LogP contribution < -0.4 is 10.3 Å². The second-order valence-corrected chi connectivity index (χ2v) is 3.83. The molecule has 0 bridgehead atoms. The van der Waals surface area contributed by atoms with E-state index in [1.165, 1.54) is 12.8 Å². The zero-order chi connectivity index (χ0) is 12.0. The van der Waals surface area contributed by atoms with Crippen molar-refractivity contribution in [1.82, 2.24) is 4.98 Å². The highest BCUT2D eigenvalue weighted by Crippen LogP contribution is 2.29. The predicted molar refractivity (Wildman–Crippen MR) is 66.0 cm³/mol. The quantitative estimate of drug-likeness (QED) is 0.852. The van der Waals surface area contributed by atoms with Gasteiger partial charge in [-0.2, -0.15) is 0 Å². The van der Waals surface area contributed by atoms with Crippen LogP contribution in [-0.4, -0.2) is 11.6 Å². The minimum atomic E-state index is -0.0739. The third kappa shape index (κ3) is 4.09. The van der Waals surface area contributed by atoms with E-state index in [-0.39, 0.29) is 5.56 Å². The molecule has 0 aliphatic heterocycles. The number of rotatable bonds is 4. The monoisotopic (exact) mass is 223 g/mol. The smallest absolute Gasteiger partial charge is 0.250 e. The van der Waals surface area contributed by atoms with Gasteiger partial charge in [-0.15, -0.1) is 0 Å². The van der Waals surface area contributed by atoms with Crippen LogP contribution in [0.3, 0.4) is 0 Å². The molecule has 0 spiro atoms. The van der Waals surface area contributed by atoms with Gasteiger partial charge in [0, 0.05) is 12.1 Å². The Morgan fingerprint density at radius 2 is 2.06 bits per heavy atom. The second-order valence-electron chi connectivity index (χ2n) is 3.83. The summed E-state index contributed by atoms with van der Waals surface area (Å²) >= 11 is 0. The van der Waals surface area contributed by atoms with Crippen molar-refractivity contribution >= 4 is 0 Å². The molecule has 90 valence electrons. The maximum absolute atomic E-state index is 11.2. The molecule has 1 aliphatic rings. The molecule has 1 N–H and O–H groups in total. The first-order valence-corrected chi connectivity index (χ1v) is 6.14. The number of aryl methyl sites for hydroxylation is 1. The molecule has 2 rings (SSSR count). The van der Waals surface area contributed by atoms with Crippen LogP contribution in [0.1, 0.15) is 39.2 Å². The molecule has 0 radical (unpaired) electrons. The summed E-state index contributed by atoms with van der Waals surface area (Å²) in [6.07, 6.45) is 3.39. The highest BCUT2D eigenvalue weighted by molar-refractivity contribution is 5.20. The zero-order valence-electron chi connectivity index (χ0n) is 10.4. The molecule has 3 heteroatoms. The third-order valence-electron chi connectivity index (χ3n) is 2.46. The second kappa shape index (κ2) is 6.36. The van der Waals surface area contributed by atoms with Gasteiger partial charge in [0.05, 0.1) is 6.61 Å². The van der Waals surface area contributed by atoms with Crippen LogP contribution in [0.5, 0.6) is 5.88 Å². The Morgan fingerprint density at radius 3 is 2.62 bits per heavy atom. The predicted octanol–water partition coefficient (Wildman–Crippen LogP) is 2.75. The minimum absolute atomic E-state index is 0.0739. The van der Waals surface area contributed by atoms with Gasteiger partial charge < -0.3 is 4.74 Å². The molecule has 3 nitrogen and oxygen atoms in total. The van der Waals surface area contributed by atoms with E-state index in [0.29, 0.717) is 11.8 Å². The van der Waals surface area contributed by atoms with E-state index in [4.69, 9.17) is 4.74 Å². The maximum Gasteiger partial charge on any atom is 0.250 e. The maximum atomic E-state index is 11.2. The normalized spacial score (nSPS) is 13.9. The highest BCUT2D eigenvalue weighted by Gasteiger charge is 2.21. The van der Waals surface area contributed by atoms with Gasteiger partial charge >= 0.3 is 0 Å². The molecule has 0 atom stereocenters. The molecule has 0 unspecified atom stereocenters. The number of aromatic amines is 1. The molecular formula is C13H21NO2. The summed E-state index contributed by atoms with van der Waals surface area (Å²) in [6.45, 7) is 6.77. The Labute approximate surface area is 96.8 Å². The van der Waals surface area contributed by atoms with Crippen LogP contribution in [-0.2, 0) is 6.42 Å². The van der Waals surface area contributed by atoms with Crippen LogP contribution >= 0.6 is 0 Å². The number of pyridine rings is 1. The van der Waals surface area contributed by atoms with Gasteiger partial charge in [0.25, 0.3) is 5.56 Å². The summed E-state index contributed by atoms with van der Waals surface area (Å²) < 4.78 is 5.50. The molecule has 1 fully saturated rings. The minimum Gasteiger partial charge on any atom is -0.479 e. The third-order valence-corrected chi connectivity index (χ3v) is 2.46. The number of ether oxygens (including phenoxy) is 1. The van der Waals surface area contributed by atoms with E-state index in [9.17, 15) is 4.79 Å². The van der Waals surface area contributed by atoms with Crippen molar-refractivity contribution in [3.8, 4) is 5.88 Å². The van der Waals surface area contributed by atoms with E-state index < -0.39 is 0 Å². The van der Waals surface area contributed by atoms with Gasteiger partial charge in [0.15, 0.2) is 5.88 Å². The molecule has 1 aliphatic carbocycles. The Kier molecular flexibility index (Phi) is 5.09. The SMILES string of the molecule is CC.CCc1cc(OCC2CC2)[nH]c(=O)c1. The summed E-state index contributed by atoms with van der Waals surface area (Å²) in [4.78, 5) is 13.9. The van der Waals surface area contributed by atoms with E-state index in [2.05, 4.69) is 4.98 Å². The summed E-state index contributed by atoms with van der Waals surface area (Å²) in [6, 6.07) is 3.52. The van der Waals surface area contributed by atoms with Crippen molar-refractivity contribution in [2.24, 2.45) is 5.92 Å². The Bertz CT molecular complexity index is 366. The topological polar surface area (TPSA) is 42.1 Å². The summed E-state index contributed by atoms with van der Waals surface area (Å²) in [5, 5.41) is 0. The van der Waals surface area contributed by atoms with Crippen molar-refractivity contribution < 1.29 is 4.74 Å². The molecular weight excluding hydrogens is 202 g/mol. The standard InChI is InChI=1S/C11H15NO2.C2H6/c1-2-8-5-10(13)12-11(6-8)14-7-9-3-4-9;1-2/h5-6,9H,2-4,7H2,1H3,(H,12,13);1-2H3. The van der Waals surface area contributed by atoms with Crippen LogP contribution in [0, 0.1) is 5.92 Å². The summed E-state index contributed by atoms with van der Waals surface area (Å²) in [7, 11) is 0. The fourth-order valence-corrected chi connectivity index (χ4v) is 1.35. The number of H-pyrrole nitrogens is 1. The number of nitrogens with one attached hydrogen (secondary N) is 1. The van der Waals surface area contributed by atoms with E-state index in [1.807, 2.05) is 26.8 Å². The van der Waals surface area contributed by atoms with Gasteiger partial charge in [-0.1, -0.05) is 20.8 Å². The van der Waals surface area contributed by atoms with Crippen molar-refractivity contribution in [2.45, 2.75) is 40.0 Å². The lowest BCUT2D eigenvalue weighted by Gasteiger charge is -2.05. The fourth-order valence-electron chi connectivity index (χ4n) is 1.35. The largest absolute Gasteiger partial charge is 0.479 e. The van der Waals surface area contributed by atoms with Crippen LogP contribution in [0.4, 0.5) is 0 Å². The summed E-state index contributed by atoms with van der Waals surface area (Å²) in [5.41, 5.74) is 0.953. The first-order valence-electron chi connectivity index (χ1n) is 6.14. The Morgan fingerprint density at radius 1 is 1.38 bits per heavy atom. The van der Waals surface area contributed by atoms with Crippen LogP contribution in [0.25, 0.3) is 0 Å². The van der Waals surface area contributed by atoms with E-state index >= 15 is 0 Å². The summed E-state index contributed by atoms with van der Waals surface area (Å²) in [5.74, 6) is 1.32. The molecule has 1 heterocycles. The molecule has 0 amide bonds. The first kappa shape index (κ1) is 12.8. The first-order chi connectivity index (χ1) is 7.78. The average molecular weight is 223 g/mol. The fraction of sp³-hybridized carbons (Fsp3) is 0.615. The van der Waals surface area contributed by atoms with Crippen molar-refractivity contribution in [1.29, 1.82) is 0 Å². The van der Waals surface area contributed by atoms with Gasteiger partial charge in [0.2, 0.25) is 0 Å². The van der Waals surface area contributed by atoms with Gasteiger partial charge in [-0.05, 0) is 30.7 Å².